The summed E-state index contributed by atoms with van der Waals surface area (Å²) in [7, 11) is 0. The summed E-state index contributed by atoms with van der Waals surface area (Å²) in [6.45, 7) is 20.7. The van der Waals surface area contributed by atoms with Gasteiger partial charge in [-0.15, -0.1) is 0 Å². The van der Waals surface area contributed by atoms with E-state index in [1.807, 2.05) is 0 Å². The highest BCUT2D eigenvalue weighted by Gasteiger charge is 2.70. The zero-order valence-corrected chi connectivity index (χ0v) is 22.0. The van der Waals surface area contributed by atoms with Crippen molar-refractivity contribution in [1.29, 1.82) is 0 Å². The molecule has 176 valence electrons. The van der Waals surface area contributed by atoms with Gasteiger partial charge in [0.25, 0.3) is 0 Å². The van der Waals surface area contributed by atoms with Crippen molar-refractivity contribution in [3.05, 3.63) is 0 Å². The molecule has 9 atom stereocenters. The van der Waals surface area contributed by atoms with Crippen LogP contribution in [0.1, 0.15) is 126 Å². The summed E-state index contributed by atoms with van der Waals surface area (Å²) in [6.07, 6.45) is 14.6. The molecule has 5 fully saturated rings. The SMILES string of the molecule is C[C@@H]1C(=O)CC[C@@H]2[C@]1(C)CC[C@@H]1[C@]2(C)CC[C@]2(C)[C@@H]3CC(C)(C)CC[C@]3(C)CC[C@@]12C. The summed E-state index contributed by atoms with van der Waals surface area (Å²) in [5.41, 5.74) is 2.67. The largest absolute Gasteiger partial charge is 0.299 e. The fraction of sp³-hybridized carbons (Fsp3) is 0.967. The Labute approximate surface area is 192 Å². The van der Waals surface area contributed by atoms with Gasteiger partial charge >= 0.3 is 0 Å². The van der Waals surface area contributed by atoms with Gasteiger partial charge in [-0.3, -0.25) is 4.79 Å². The van der Waals surface area contributed by atoms with Gasteiger partial charge in [-0.1, -0.05) is 55.4 Å². The minimum atomic E-state index is 0.237. The summed E-state index contributed by atoms with van der Waals surface area (Å²) >= 11 is 0. The van der Waals surface area contributed by atoms with Crippen LogP contribution in [-0.4, -0.2) is 5.78 Å². The zero-order valence-electron chi connectivity index (χ0n) is 22.0. The Kier molecular flexibility index (Phi) is 4.65. The lowest BCUT2D eigenvalue weighted by Gasteiger charge is -2.74. The number of hydrogen-bond acceptors (Lipinski definition) is 1. The molecule has 0 saturated heterocycles. The molecule has 0 aromatic carbocycles. The van der Waals surface area contributed by atoms with Crippen LogP contribution in [0, 0.1) is 56.2 Å². The molecule has 0 heterocycles. The van der Waals surface area contributed by atoms with Crippen molar-refractivity contribution >= 4 is 5.78 Å². The third-order valence-corrected chi connectivity index (χ3v) is 13.7. The Hall–Kier alpha value is -0.330. The second kappa shape index (κ2) is 6.41. The lowest BCUT2D eigenvalue weighted by Crippen LogP contribution is -2.67. The number of hydrogen-bond donors (Lipinski definition) is 0. The van der Waals surface area contributed by atoms with Crippen LogP contribution < -0.4 is 0 Å². The maximum Gasteiger partial charge on any atom is 0.136 e. The standard InChI is InChI=1S/C30H50O/c1-20-21(31)9-10-22-27(20,5)12-11-23-28(22,6)16-18-30(8)24-19-25(2,3)13-14-26(24,4)15-17-29(23,30)7/h20,22-24H,9-19H2,1-8H3/t20-,22-,23-,24-,26-,27-,28-,29+,30-/m1/s1. The third kappa shape index (κ3) is 2.70. The molecule has 1 nitrogen and oxygen atoms in total. The number of Topliss-reactive ketones (excluding diaryl/α,β-unsaturated/α-hetero) is 1. The average molecular weight is 427 g/mol. The first-order valence-corrected chi connectivity index (χ1v) is 13.7. The van der Waals surface area contributed by atoms with E-state index in [1.54, 1.807) is 0 Å². The minimum absolute atomic E-state index is 0.237. The molecule has 0 N–H and O–H groups in total. The van der Waals surface area contributed by atoms with Gasteiger partial charge in [-0.25, -0.2) is 0 Å². The molecule has 0 bridgehead atoms. The third-order valence-electron chi connectivity index (χ3n) is 13.7. The lowest BCUT2D eigenvalue weighted by atomic mass is 9.30. The zero-order chi connectivity index (χ0) is 22.7. The van der Waals surface area contributed by atoms with E-state index in [0.29, 0.717) is 32.9 Å². The summed E-state index contributed by atoms with van der Waals surface area (Å²) in [4.78, 5) is 12.7. The van der Waals surface area contributed by atoms with Gasteiger partial charge in [0, 0.05) is 12.3 Å². The van der Waals surface area contributed by atoms with Crippen LogP contribution in [0.3, 0.4) is 0 Å². The van der Waals surface area contributed by atoms with Crippen molar-refractivity contribution in [2.45, 2.75) is 126 Å². The van der Waals surface area contributed by atoms with Crippen LogP contribution >= 0.6 is 0 Å². The molecule has 0 aromatic rings. The van der Waals surface area contributed by atoms with E-state index in [-0.39, 0.29) is 11.3 Å². The summed E-state index contributed by atoms with van der Waals surface area (Å²) in [5, 5.41) is 0. The highest BCUT2D eigenvalue weighted by Crippen LogP contribution is 2.78. The maximum atomic E-state index is 12.7. The van der Waals surface area contributed by atoms with Gasteiger partial charge in [-0.2, -0.15) is 0 Å². The Bertz CT molecular complexity index is 781. The van der Waals surface area contributed by atoms with Crippen molar-refractivity contribution in [1.82, 2.24) is 0 Å². The molecule has 0 radical (unpaired) electrons. The fourth-order valence-electron chi connectivity index (χ4n) is 11.2. The van der Waals surface area contributed by atoms with Gasteiger partial charge in [0.05, 0.1) is 0 Å². The molecule has 5 saturated carbocycles. The number of rotatable bonds is 0. The fourth-order valence-corrected chi connectivity index (χ4v) is 11.2. The molecular formula is C30H50O. The quantitative estimate of drug-likeness (QED) is 0.379. The van der Waals surface area contributed by atoms with Crippen molar-refractivity contribution in [2.75, 3.05) is 0 Å². The molecule has 5 aliphatic rings. The summed E-state index contributed by atoms with van der Waals surface area (Å²) < 4.78 is 0. The van der Waals surface area contributed by atoms with Gasteiger partial charge in [0.1, 0.15) is 5.78 Å². The molecule has 5 aliphatic carbocycles. The van der Waals surface area contributed by atoms with Crippen molar-refractivity contribution in [3.8, 4) is 0 Å². The van der Waals surface area contributed by atoms with Gasteiger partial charge in [0.15, 0.2) is 0 Å². The Balaban J connectivity index is 1.55. The van der Waals surface area contributed by atoms with Gasteiger partial charge in [0.2, 0.25) is 0 Å². The van der Waals surface area contributed by atoms with Crippen molar-refractivity contribution in [3.63, 3.8) is 0 Å². The highest BCUT2D eigenvalue weighted by molar-refractivity contribution is 5.82. The average Bonchev–Trinajstić information content (AvgIpc) is 2.69. The summed E-state index contributed by atoms with van der Waals surface area (Å²) in [6, 6.07) is 0. The Morgan fingerprint density at radius 2 is 1.26 bits per heavy atom. The normalized spacial score (nSPS) is 58.5. The van der Waals surface area contributed by atoms with Gasteiger partial charge in [-0.05, 0) is 114 Å². The second-order valence-corrected chi connectivity index (χ2v) is 15.3. The molecule has 0 unspecified atom stereocenters. The van der Waals surface area contributed by atoms with Crippen molar-refractivity contribution < 1.29 is 4.79 Å². The van der Waals surface area contributed by atoms with Crippen LogP contribution in [0.25, 0.3) is 0 Å². The number of carbonyl (C=O) groups excluding carboxylic acids is 1. The topological polar surface area (TPSA) is 17.1 Å². The van der Waals surface area contributed by atoms with E-state index in [4.69, 9.17) is 0 Å². The molecule has 0 aromatic heterocycles. The first-order chi connectivity index (χ1) is 14.2. The molecule has 1 heteroatoms. The Morgan fingerprint density at radius 3 is 1.97 bits per heavy atom. The first-order valence-electron chi connectivity index (χ1n) is 13.7. The van der Waals surface area contributed by atoms with Gasteiger partial charge < -0.3 is 0 Å². The van der Waals surface area contributed by atoms with Crippen LogP contribution in [0.2, 0.25) is 0 Å². The predicted octanol–water partition coefficient (Wildman–Crippen LogP) is 8.46. The van der Waals surface area contributed by atoms with E-state index in [9.17, 15) is 4.79 Å². The minimum Gasteiger partial charge on any atom is -0.299 e. The van der Waals surface area contributed by atoms with E-state index in [2.05, 4.69) is 55.4 Å². The molecule has 0 aliphatic heterocycles. The molecular weight excluding hydrogens is 376 g/mol. The molecule has 0 amide bonds. The van der Waals surface area contributed by atoms with E-state index < -0.39 is 0 Å². The molecule has 31 heavy (non-hydrogen) atoms. The molecule has 0 spiro atoms. The number of carbonyl (C=O) groups is 1. The maximum absolute atomic E-state index is 12.7. The summed E-state index contributed by atoms with van der Waals surface area (Å²) in [5.74, 6) is 3.27. The van der Waals surface area contributed by atoms with Crippen LogP contribution in [0.4, 0.5) is 0 Å². The van der Waals surface area contributed by atoms with E-state index in [0.717, 1.165) is 30.6 Å². The van der Waals surface area contributed by atoms with Crippen molar-refractivity contribution in [2.24, 2.45) is 56.2 Å². The lowest BCUT2D eigenvalue weighted by molar-refractivity contribution is -0.256. The Morgan fingerprint density at radius 1 is 0.645 bits per heavy atom. The number of ketones is 1. The highest BCUT2D eigenvalue weighted by atomic mass is 16.1. The predicted molar refractivity (Wildman–Crippen MR) is 130 cm³/mol. The van der Waals surface area contributed by atoms with Crippen LogP contribution in [0.5, 0.6) is 0 Å². The number of fused-ring (bicyclic) bond motifs is 7. The smallest absolute Gasteiger partial charge is 0.136 e. The molecule has 5 rings (SSSR count). The van der Waals surface area contributed by atoms with Crippen LogP contribution in [-0.2, 0) is 4.79 Å². The van der Waals surface area contributed by atoms with E-state index in [1.165, 1.54) is 57.8 Å². The second-order valence-electron chi connectivity index (χ2n) is 15.3. The van der Waals surface area contributed by atoms with E-state index >= 15 is 0 Å². The first kappa shape index (κ1) is 22.5. The van der Waals surface area contributed by atoms with Crippen LogP contribution in [0.15, 0.2) is 0 Å². The monoisotopic (exact) mass is 426 g/mol.